The molecule has 1 aromatic rings. The summed E-state index contributed by atoms with van der Waals surface area (Å²) < 4.78 is 5.27. The first kappa shape index (κ1) is 13.2. The van der Waals surface area contributed by atoms with Crippen molar-refractivity contribution in [2.45, 2.75) is 32.9 Å². The number of furan rings is 1. The maximum Gasteiger partial charge on any atom is 0.339 e. The lowest BCUT2D eigenvalue weighted by Gasteiger charge is -2.09. The number of carbonyl (C=O) groups excluding carboxylic acids is 1. The highest BCUT2D eigenvalue weighted by atomic mass is 16.4. The molecular weight excluding hydrogens is 224 g/mol. The van der Waals surface area contributed by atoms with E-state index in [4.69, 9.17) is 15.3 Å². The first-order valence-electron chi connectivity index (χ1n) is 5.24. The van der Waals surface area contributed by atoms with Crippen molar-refractivity contribution in [2.24, 2.45) is 5.73 Å². The van der Waals surface area contributed by atoms with Gasteiger partial charge < -0.3 is 20.6 Å². The number of amides is 1. The van der Waals surface area contributed by atoms with Gasteiger partial charge in [-0.3, -0.25) is 4.79 Å². The third kappa shape index (κ3) is 3.92. The van der Waals surface area contributed by atoms with Crippen molar-refractivity contribution in [3.05, 3.63) is 23.2 Å². The van der Waals surface area contributed by atoms with Gasteiger partial charge in [-0.2, -0.15) is 0 Å². The molecule has 1 aromatic heterocycles. The molecule has 0 fully saturated rings. The molecule has 6 heteroatoms. The first-order chi connectivity index (χ1) is 7.90. The van der Waals surface area contributed by atoms with Gasteiger partial charge in [0.15, 0.2) is 0 Å². The molecule has 6 nitrogen and oxygen atoms in total. The maximum atomic E-state index is 10.8. The van der Waals surface area contributed by atoms with Crippen LogP contribution in [-0.2, 0) is 11.3 Å². The number of rotatable bonds is 6. The average molecular weight is 240 g/mol. The molecule has 0 bridgehead atoms. The predicted octanol–water partition coefficient (Wildman–Crippen LogP) is 0.640. The maximum absolute atomic E-state index is 10.8. The monoisotopic (exact) mass is 240 g/mol. The average Bonchev–Trinajstić information content (AvgIpc) is 2.56. The van der Waals surface area contributed by atoms with E-state index >= 15 is 0 Å². The molecule has 0 saturated carbocycles. The zero-order valence-electron chi connectivity index (χ0n) is 9.82. The summed E-state index contributed by atoms with van der Waals surface area (Å²) >= 11 is 0. The Labute approximate surface area is 98.8 Å². The first-order valence-corrected chi connectivity index (χ1v) is 5.24. The zero-order chi connectivity index (χ0) is 13.0. The van der Waals surface area contributed by atoms with Crippen LogP contribution in [0.3, 0.4) is 0 Å². The van der Waals surface area contributed by atoms with E-state index in [0.717, 1.165) is 0 Å². The lowest BCUT2D eigenvalue weighted by molar-refractivity contribution is -0.118. The molecule has 0 aliphatic carbocycles. The van der Waals surface area contributed by atoms with Crippen LogP contribution < -0.4 is 11.1 Å². The fraction of sp³-hybridized carbons (Fsp3) is 0.455. The Bertz CT molecular complexity index is 425. The molecule has 1 atom stereocenters. The number of aromatic carboxylic acids is 1. The number of primary amides is 1. The minimum Gasteiger partial charge on any atom is -0.478 e. The van der Waals surface area contributed by atoms with E-state index in [0.29, 0.717) is 18.1 Å². The van der Waals surface area contributed by atoms with E-state index in [2.05, 4.69) is 5.32 Å². The SMILES string of the molecule is Cc1oc(CNC(C)CC(N)=O)cc1C(=O)O. The van der Waals surface area contributed by atoms with Gasteiger partial charge in [0.2, 0.25) is 5.91 Å². The van der Waals surface area contributed by atoms with Gasteiger partial charge in [-0.1, -0.05) is 0 Å². The van der Waals surface area contributed by atoms with Gasteiger partial charge in [0.05, 0.1) is 6.54 Å². The van der Waals surface area contributed by atoms with Gasteiger partial charge in [0, 0.05) is 12.5 Å². The van der Waals surface area contributed by atoms with Crippen LogP contribution in [0.25, 0.3) is 0 Å². The molecule has 1 amide bonds. The molecule has 0 saturated heterocycles. The highest BCUT2D eigenvalue weighted by molar-refractivity contribution is 5.88. The van der Waals surface area contributed by atoms with Crippen molar-refractivity contribution in [1.29, 1.82) is 0 Å². The summed E-state index contributed by atoms with van der Waals surface area (Å²) in [7, 11) is 0. The van der Waals surface area contributed by atoms with E-state index < -0.39 is 5.97 Å². The minimum atomic E-state index is -1.01. The zero-order valence-corrected chi connectivity index (χ0v) is 9.82. The Morgan fingerprint density at radius 3 is 2.71 bits per heavy atom. The fourth-order valence-corrected chi connectivity index (χ4v) is 1.49. The van der Waals surface area contributed by atoms with Crippen LogP contribution in [0.2, 0.25) is 0 Å². The second-order valence-corrected chi connectivity index (χ2v) is 3.94. The number of hydrogen-bond donors (Lipinski definition) is 3. The number of aryl methyl sites for hydroxylation is 1. The molecule has 0 aromatic carbocycles. The Balaban J connectivity index is 2.55. The summed E-state index contributed by atoms with van der Waals surface area (Å²) in [5.41, 5.74) is 5.21. The molecule has 17 heavy (non-hydrogen) atoms. The Morgan fingerprint density at radius 2 is 2.24 bits per heavy atom. The number of carboxylic acid groups (broad SMARTS) is 1. The topological polar surface area (TPSA) is 106 Å². The molecule has 0 aliphatic heterocycles. The third-order valence-electron chi connectivity index (χ3n) is 2.33. The van der Waals surface area contributed by atoms with E-state index in [-0.39, 0.29) is 23.9 Å². The number of nitrogens with two attached hydrogens (primary N) is 1. The smallest absolute Gasteiger partial charge is 0.339 e. The fourth-order valence-electron chi connectivity index (χ4n) is 1.49. The summed E-state index contributed by atoms with van der Waals surface area (Å²) in [5.74, 6) is -0.498. The van der Waals surface area contributed by atoms with Crippen LogP contribution in [0.4, 0.5) is 0 Å². The number of carboxylic acids is 1. The molecule has 94 valence electrons. The van der Waals surface area contributed by atoms with E-state index in [9.17, 15) is 9.59 Å². The van der Waals surface area contributed by atoms with Crippen molar-refractivity contribution < 1.29 is 19.1 Å². The largest absolute Gasteiger partial charge is 0.478 e. The minimum absolute atomic E-state index is 0.0776. The Kier molecular flexibility index (Phi) is 4.28. The van der Waals surface area contributed by atoms with Crippen molar-refractivity contribution in [1.82, 2.24) is 5.32 Å². The van der Waals surface area contributed by atoms with Crippen LogP contribution in [0.15, 0.2) is 10.5 Å². The number of hydrogen-bond acceptors (Lipinski definition) is 4. The molecule has 0 aliphatic rings. The summed E-state index contributed by atoms with van der Waals surface area (Å²) in [6, 6.07) is 1.40. The van der Waals surface area contributed by atoms with Gasteiger partial charge in [-0.15, -0.1) is 0 Å². The van der Waals surface area contributed by atoms with Crippen LogP contribution in [0.1, 0.15) is 35.2 Å². The van der Waals surface area contributed by atoms with E-state index in [1.54, 1.807) is 6.92 Å². The second-order valence-electron chi connectivity index (χ2n) is 3.94. The van der Waals surface area contributed by atoms with Crippen molar-refractivity contribution in [3.8, 4) is 0 Å². The normalized spacial score (nSPS) is 12.4. The molecule has 1 rings (SSSR count). The third-order valence-corrected chi connectivity index (χ3v) is 2.33. The van der Waals surface area contributed by atoms with Gasteiger partial charge in [-0.05, 0) is 19.9 Å². The quantitative estimate of drug-likeness (QED) is 0.676. The van der Waals surface area contributed by atoms with Crippen LogP contribution >= 0.6 is 0 Å². The molecule has 4 N–H and O–H groups in total. The van der Waals surface area contributed by atoms with Gasteiger partial charge in [0.25, 0.3) is 0 Å². The second kappa shape index (κ2) is 5.49. The summed E-state index contributed by atoms with van der Waals surface area (Å²) in [6.07, 6.45) is 0.228. The molecule has 1 unspecified atom stereocenters. The molecule has 1 heterocycles. The van der Waals surface area contributed by atoms with E-state index in [1.807, 2.05) is 6.92 Å². The lowest BCUT2D eigenvalue weighted by Crippen LogP contribution is -2.30. The van der Waals surface area contributed by atoms with Crippen molar-refractivity contribution in [2.75, 3.05) is 0 Å². The highest BCUT2D eigenvalue weighted by Gasteiger charge is 2.14. The van der Waals surface area contributed by atoms with Crippen LogP contribution in [-0.4, -0.2) is 23.0 Å². The highest BCUT2D eigenvalue weighted by Crippen LogP contribution is 2.14. The van der Waals surface area contributed by atoms with E-state index in [1.165, 1.54) is 6.07 Å². The van der Waals surface area contributed by atoms with Crippen molar-refractivity contribution in [3.63, 3.8) is 0 Å². The molecular formula is C11H16N2O4. The van der Waals surface area contributed by atoms with Gasteiger partial charge >= 0.3 is 5.97 Å². The summed E-state index contributed by atoms with van der Waals surface area (Å²) in [6.45, 7) is 3.78. The predicted molar refractivity (Wildman–Crippen MR) is 60.5 cm³/mol. The van der Waals surface area contributed by atoms with Gasteiger partial charge in [-0.25, -0.2) is 4.79 Å². The molecule has 0 spiro atoms. The van der Waals surface area contributed by atoms with Crippen LogP contribution in [0, 0.1) is 6.92 Å². The summed E-state index contributed by atoms with van der Waals surface area (Å²) in [4.78, 5) is 21.4. The Morgan fingerprint density at radius 1 is 1.59 bits per heavy atom. The number of nitrogens with one attached hydrogen (secondary N) is 1. The van der Waals surface area contributed by atoms with Crippen molar-refractivity contribution >= 4 is 11.9 Å². The number of carbonyl (C=O) groups is 2. The summed E-state index contributed by atoms with van der Waals surface area (Å²) in [5, 5.41) is 11.9. The standard InChI is InChI=1S/C11H16N2O4/c1-6(3-10(12)14)13-5-8-4-9(11(15)16)7(2)17-8/h4,6,13H,3,5H2,1-2H3,(H2,12,14)(H,15,16). The Hall–Kier alpha value is -1.82. The van der Waals surface area contributed by atoms with Crippen LogP contribution in [0.5, 0.6) is 0 Å². The van der Waals surface area contributed by atoms with Gasteiger partial charge in [0.1, 0.15) is 17.1 Å². The molecule has 0 radical (unpaired) electrons. The lowest BCUT2D eigenvalue weighted by atomic mass is 10.2.